The van der Waals surface area contributed by atoms with Crippen molar-refractivity contribution in [2.24, 2.45) is 0 Å². The fourth-order valence-corrected chi connectivity index (χ4v) is 3.72. The minimum Gasteiger partial charge on any atom is -0.308 e. The van der Waals surface area contributed by atoms with Gasteiger partial charge in [-0.2, -0.15) is 5.10 Å². The van der Waals surface area contributed by atoms with Gasteiger partial charge < -0.3 is 9.05 Å². The molecule has 0 amide bonds. The second kappa shape index (κ2) is 8.38. The molecule has 2 aromatic rings. The van der Waals surface area contributed by atoms with Gasteiger partial charge in [0.2, 0.25) is 0 Å². The van der Waals surface area contributed by atoms with E-state index in [0.717, 1.165) is 24.8 Å². The second-order valence-corrected chi connectivity index (χ2v) is 7.58. The van der Waals surface area contributed by atoms with Gasteiger partial charge in [-0.3, -0.25) is 14.5 Å². The largest absolute Gasteiger partial charge is 0.379 e. The molecule has 0 aliphatic carbocycles. The average molecular weight is 350 g/mol. The molecule has 0 spiro atoms. The number of Topliss-reactive ketones (excluding diaryl/α,β-unsaturated/α-hetero) is 1. The number of benzene rings is 1. The lowest BCUT2D eigenvalue weighted by Gasteiger charge is -2.14. The van der Waals surface area contributed by atoms with Crippen LogP contribution in [-0.4, -0.2) is 30.2 Å². The molecule has 24 heavy (non-hydrogen) atoms. The summed E-state index contributed by atoms with van der Waals surface area (Å²) in [6.07, 6.45) is 3.23. The number of rotatable bonds is 9. The van der Waals surface area contributed by atoms with Crippen LogP contribution in [0, 0.1) is 0 Å². The number of H-pyrrole nitrogens is 1. The van der Waals surface area contributed by atoms with Crippen LogP contribution in [0.1, 0.15) is 43.1 Å². The summed E-state index contributed by atoms with van der Waals surface area (Å²) in [5.74, 6) is -0.0800. The van der Waals surface area contributed by atoms with Crippen molar-refractivity contribution in [2.45, 2.75) is 32.6 Å². The Labute approximate surface area is 142 Å². The van der Waals surface area contributed by atoms with Crippen molar-refractivity contribution in [2.75, 3.05) is 14.2 Å². The van der Waals surface area contributed by atoms with Gasteiger partial charge in [-0.25, -0.2) is 0 Å². The van der Waals surface area contributed by atoms with Crippen LogP contribution in [0.15, 0.2) is 30.3 Å². The first-order valence-electron chi connectivity index (χ1n) is 7.96. The van der Waals surface area contributed by atoms with Crippen molar-refractivity contribution in [1.82, 2.24) is 10.2 Å². The normalized spacial score (nSPS) is 11.6. The number of ketones is 1. The Balaban J connectivity index is 2.51. The number of hydrogen-bond acceptors (Lipinski definition) is 5. The molecule has 7 heteroatoms. The van der Waals surface area contributed by atoms with Crippen molar-refractivity contribution in [3.8, 4) is 11.1 Å². The molecule has 6 nitrogen and oxygen atoms in total. The molecule has 1 aromatic carbocycles. The fraction of sp³-hybridized carbons (Fsp3) is 0.412. The van der Waals surface area contributed by atoms with Gasteiger partial charge in [-0.15, -0.1) is 0 Å². The third-order valence-corrected chi connectivity index (χ3v) is 5.67. The predicted octanol–water partition coefficient (Wildman–Crippen LogP) is 3.95. The fourth-order valence-electron chi connectivity index (χ4n) is 2.52. The maximum atomic E-state index is 12.8. The van der Waals surface area contributed by atoms with Gasteiger partial charge in [-0.1, -0.05) is 50.1 Å². The highest BCUT2D eigenvalue weighted by Gasteiger charge is 2.34. The highest BCUT2D eigenvalue weighted by Crippen LogP contribution is 2.47. The van der Waals surface area contributed by atoms with Crippen LogP contribution in [0.3, 0.4) is 0 Å². The number of hydrogen-bond donors (Lipinski definition) is 1. The van der Waals surface area contributed by atoms with E-state index in [4.69, 9.17) is 9.05 Å². The molecule has 2 rings (SSSR count). The van der Waals surface area contributed by atoms with E-state index in [2.05, 4.69) is 17.1 Å². The molecular weight excluding hydrogens is 327 g/mol. The van der Waals surface area contributed by atoms with Gasteiger partial charge in [0.15, 0.2) is 11.2 Å². The third kappa shape index (κ3) is 3.83. The van der Waals surface area contributed by atoms with Crippen LogP contribution < -0.4 is 5.44 Å². The predicted molar refractivity (Wildman–Crippen MR) is 93.8 cm³/mol. The molecule has 0 bridgehead atoms. The molecule has 0 saturated heterocycles. The van der Waals surface area contributed by atoms with Crippen molar-refractivity contribution in [1.29, 1.82) is 0 Å². The van der Waals surface area contributed by atoms with Crippen molar-refractivity contribution < 1.29 is 18.4 Å². The molecule has 1 heterocycles. The number of carbonyl (C=O) groups excluding carboxylic acids is 1. The maximum absolute atomic E-state index is 12.8. The Morgan fingerprint density at radius 3 is 2.42 bits per heavy atom. The molecule has 0 atom stereocenters. The molecule has 0 aliphatic heterocycles. The number of nitrogens with zero attached hydrogens (tertiary/aromatic N) is 1. The van der Waals surface area contributed by atoms with E-state index >= 15 is 0 Å². The zero-order valence-electron chi connectivity index (χ0n) is 14.2. The van der Waals surface area contributed by atoms with Gasteiger partial charge in [-0.05, 0) is 12.0 Å². The summed E-state index contributed by atoms with van der Waals surface area (Å²) < 4.78 is 23.0. The molecule has 0 fully saturated rings. The zero-order valence-corrected chi connectivity index (χ0v) is 15.1. The Morgan fingerprint density at radius 2 is 1.83 bits per heavy atom. The Bertz CT molecular complexity index is 719. The van der Waals surface area contributed by atoms with E-state index in [0.29, 0.717) is 12.0 Å². The van der Waals surface area contributed by atoms with E-state index in [-0.39, 0.29) is 16.9 Å². The van der Waals surface area contributed by atoms with E-state index < -0.39 is 7.60 Å². The SMILES string of the molecule is CCCCCC(=O)c1n[nH]c(P(=O)(OC)OC)c1-c1ccccc1. The number of aromatic amines is 1. The first-order valence-corrected chi connectivity index (χ1v) is 9.50. The van der Waals surface area contributed by atoms with E-state index in [1.54, 1.807) is 0 Å². The van der Waals surface area contributed by atoms with Crippen molar-refractivity contribution in [3.05, 3.63) is 36.0 Å². The first-order chi connectivity index (χ1) is 11.6. The summed E-state index contributed by atoms with van der Waals surface area (Å²) in [7, 11) is -0.941. The second-order valence-electron chi connectivity index (χ2n) is 5.40. The van der Waals surface area contributed by atoms with Crippen LogP contribution in [0.25, 0.3) is 11.1 Å². The van der Waals surface area contributed by atoms with Gasteiger partial charge in [0.1, 0.15) is 5.69 Å². The van der Waals surface area contributed by atoms with Crippen LogP contribution >= 0.6 is 7.60 Å². The smallest absolute Gasteiger partial charge is 0.308 e. The quantitative estimate of drug-likeness (QED) is 0.421. The molecule has 0 unspecified atom stereocenters. The van der Waals surface area contributed by atoms with Gasteiger partial charge in [0.05, 0.1) is 0 Å². The van der Waals surface area contributed by atoms with Crippen LogP contribution in [0.2, 0.25) is 0 Å². The molecule has 0 radical (unpaired) electrons. The minimum atomic E-state index is -3.56. The molecular formula is C17H23N2O4P. The number of carbonyl (C=O) groups is 1. The number of unbranched alkanes of at least 4 members (excludes halogenated alkanes) is 2. The standard InChI is InChI=1S/C17H23N2O4P/c1-4-5-7-12-14(20)16-15(13-10-8-6-9-11-13)17(19-18-16)24(21,22-2)23-3/h6,8-11H,4-5,7,12H2,1-3H3,(H,18,19). The molecule has 0 saturated carbocycles. The average Bonchev–Trinajstić information content (AvgIpc) is 3.07. The van der Waals surface area contributed by atoms with Crippen LogP contribution in [0.5, 0.6) is 0 Å². The lowest BCUT2D eigenvalue weighted by molar-refractivity contribution is 0.0975. The summed E-state index contributed by atoms with van der Waals surface area (Å²) in [5, 5.41) is 6.83. The van der Waals surface area contributed by atoms with Gasteiger partial charge in [0, 0.05) is 26.2 Å². The lowest BCUT2D eigenvalue weighted by atomic mass is 10.0. The topological polar surface area (TPSA) is 81.3 Å². The summed E-state index contributed by atoms with van der Waals surface area (Å²) >= 11 is 0. The monoisotopic (exact) mass is 350 g/mol. The molecule has 1 aromatic heterocycles. The van der Waals surface area contributed by atoms with E-state index in [1.807, 2.05) is 30.3 Å². The maximum Gasteiger partial charge on any atom is 0.379 e. The lowest BCUT2D eigenvalue weighted by Crippen LogP contribution is -2.13. The number of aromatic nitrogens is 2. The molecule has 1 N–H and O–H groups in total. The zero-order chi connectivity index (χ0) is 17.6. The summed E-state index contributed by atoms with van der Waals surface area (Å²) in [6.45, 7) is 2.08. The van der Waals surface area contributed by atoms with Gasteiger partial charge in [0.25, 0.3) is 0 Å². The highest BCUT2D eigenvalue weighted by atomic mass is 31.2. The summed E-state index contributed by atoms with van der Waals surface area (Å²) in [5.41, 5.74) is 1.72. The highest BCUT2D eigenvalue weighted by molar-refractivity contribution is 7.62. The Hall–Kier alpha value is -1.75. The molecule has 130 valence electrons. The number of nitrogens with one attached hydrogen (secondary N) is 1. The van der Waals surface area contributed by atoms with Gasteiger partial charge >= 0.3 is 7.60 Å². The Morgan fingerprint density at radius 1 is 1.17 bits per heavy atom. The minimum absolute atomic E-state index is 0.0800. The van der Waals surface area contributed by atoms with Crippen molar-refractivity contribution >= 4 is 18.8 Å². The Kier molecular flexibility index (Phi) is 6.49. The van der Waals surface area contributed by atoms with Crippen LogP contribution in [0.4, 0.5) is 0 Å². The van der Waals surface area contributed by atoms with Crippen LogP contribution in [-0.2, 0) is 13.6 Å². The first kappa shape index (κ1) is 18.6. The van der Waals surface area contributed by atoms with E-state index in [1.165, 1.54) is 14.2 Å². The van der Waals surface area contributed by atoms with Crippen molar-refractivity contribution in [3.63, 3.8) is 0 Å². The third-order valence-electron chi connectivity index (χ3n) is 3.84. The van der Waals surface area contributed by atoms with E-state index in [9.17, 15) is 9.36 Å². The summed E-state index contributed by atoms with van der Waals surface area (Å²) in [6, 6.07) is 9.25. The summed E-state index contributed by atoms with van der Waals surface area (Å²) in [4.78, 5) is 12.6. The molecule has 0 aliphatic rings.